The summed E-state index contributed by atoms with van der Waals surface area (Å²) in [5.41, 5.74) is 2.35. The Morgan fingerprint density at radius 3 is 2.00 bits per heavy atom. The van der Waals surface area contributed by atoms with Gasteiger partial charge in [-0.05, 0) is 114 Å². The summed E-state index contributed by atoms with van der Waals surface area (Å²) in [6.45, 7) is 20.4. The van der Waals surface area contributed by atoms with Crippen LogP contribution in [0.15, 0.2) is 0 Å². The summed E-state index contributed by atoms with van der Waals surface area (Å²) >= 11 is 0. The second kappa shape index (κ2) is 7.71. The topological polar surface area (TPSA) is 40.5 Å². The lowest BCUT2D eigenvalue weighted by Crippen LogP contribution is -2.66. The van der Waals surface area contributed by atoms with Gasteiger partial charge in [0.15, 0.2) is 0 Å². The van der Waals surface area contributed by atoms with Crippen molar-refractivity contribution in [3.05, 3.63) is 0 Å². The van der Waals surface area contributed by atoms with Crippen LogP contribution in [0, 0.1) is 50.2 Å². The maximum Gasteiger partial charge on any atom is 0.0774 e. The maximum absolute atomic E-state index is 10.6. The number of aliphatic hydroxyl groups is 2. The van der Waals surface area contributed by atoms with Gasteiger partial charge >= 0.3 is 0 Å². The van der Waals surface area contributed by atoms with Gasteiger partial charge in [-0.3, -0.25) is 0 Å². The molecule has 186 valence electrons. The highest BCUT2D eigenvalue weighted by atomic mass is 16.3. The average Bonchev–Trinajstić information content (AvgIpc) is 2.74. The monoisotopic (exact) mass is 446 g/mol. The Morgan fingerprint density at radius 1 is 0.781 bits per heavy atom. The van der Waals surface area contributed by atoms with Crippen LogP contribution in [-0.4, -0.2) is 22.9 Å². The van der Waals surface area contributed by atoms with Gasteiger partial charge in [-0.2, -0.15) is 0 Å². The molecule has 0 heterocycles. The summed E-state index contributed by atoms with van der Waals surface area (Å²) in [5.74, 6) is 2.07. The lowest BCUT2D eigenvalue weighted by Gasteiger charge is -2.74. The third-order valence-electron chi connectivity index (χ3n) is 13.2. The van der Waals surface area contributed by atoms with Gasteiger partial charge in [-0.25, -0.2) is 0 Å². The minimum Gasteiger partial charge on any atom is -0.394 e. The first-order chi connectivity index (χ1) is 14.7. The molecule has 0 bridgehead atoms. The molecule has 2 nitrogen and oxygen atoms in total. The molecule has 9 atom stereocenters. The van der Waals surface area contributed by atoms with Crippen molar-refractivity contribution < 1.29 is 10.2 Å². The first kappa shape index (κ1) is 25.0. The van der Waals surface area contributed by atoms with Crippen molar-refractivity contribution in [3.63, 3.8) is 0 Å². The summed E-state index contributed by atoms with van der Waals surface area (Å²) in [7, 11) is 0. The van der Waals surface area contributed by atoms with Crippen molar-refractivity contribution in [2.24, 2.45) is 50.2 Å². The summed E-state index contributed by atoms with van der Waals surface area (Å²) in [6.07, 6.45) is 13.7. The number of hydrogen-bond donors (Lipinski definition) is 2. The van der Waals surface area contributed by atoms with Crippen LogP contribution in [0.3, 0.4) is 0 Å². The quantitative estimate of drug-likeness (QED) is 0.466. The molecule has 0 aromatic heterocycles. The fourth-order valence-corrected chi connectivity index (χ4v) is 10.5. The van der Waals surface area contributed by atoms with Crippen LogP contribution in [0.5, 0.6) is 0 Å². The molecular formula is C30H54O2. The standard InChI is InChI=1S/C30H54O2/c1-9-26(4)11-10-22-28(6,23(26)18-21(32)20-31)15-17-30(8)24-19-25(2,3)12-13-27(24,5)14-16-29(22,30)7/h21-24,31-32H,9-20H2,1-8H3/t21-,22-,23+,24+,26-,27+,28+,29+,30-/m0/s1. The second-order valence-corrected chi connectivity index (χ2v) is 15.1. The highest BCUT2D eigenvalue weighted by Crippen LogP contribution is 2.77. The van der Waals surface area contributed by atoms with E-state index in [-0.39, 0.29) is 17.4 Å². The third kappa shape index (κ3) is 3.39. The molecule has 32 heavy (non-hydrogen) atoms. The van der Waals surface area contributed by atoms with Crippen LogP contribution in [0.1, 0.15) is 126 Å². The number of rotatable bonds is 4. The molecule has 0 unspecified atom stereocenters. The molecule has 0 radical (unpaired) electrons. The summed E-state index contributed by atoms with van der Waals surface area (Å²) in [4.78, 5) is 0. The summed E-state index contributed by atoms with van der Waals surface area (Å²) in [5, 5.41) is 20.3. The smallest absolute Gasteiger partial charge is 0.0774 e. The Bertz CT molecular complexity index is 716. The molecule has 4 saturated carbocycles. The largest absolute Gasteiger partial charge is 0.394 e. The van der Waals surface area contributed by atoms with E-state index in [1.165, 1.54) is 64.2 Å². The molecule has 0 aliphatic heterocycles. The Kier molecular flexibility index (Phi) is 6.03. The van der Waals surface area contributed by atoms with Gasteiger partial charge in [0.1, 0.15) is 0 Å². The Morgan fingerprint density at radius 2 is 1.38 bits per heavy atom. The number of aliphatic hydroxyl groups excluding tert-OH is 2. The van der Waals surface area contributed by atoms with Gasteiger partial charge in [0.2, 0.25) is 0 Å². The van der Waals surface area contributed by atoms with E-state index in [1.807, 2.05) is 0 Å². The van der Waals surface area contributed by atoms with Crippen molar-refractivity contribution >= 4 is 0 Å². The Hall–Kier alpha value is -0.0800. The molecule has 0 aromatic carbocycles. The van der Waals surface area contributed by atoms with Crippen molar-refractivity contribution in [2.45, 2.75) is 132 Å². The highest BCUT2D eigenvalue weighted by molar-refractivity contribution is 5.18. The van der Waals surface area contributed by atoms with Crippen LogP contribution < -0.4 is 0 Å². The minimum atomic E-state index is -0.573. The van der Waals surface area contributed by atoms with Crippen molar-refractivity contribution in [1.82, 2.24) is 0 Å². The molecule has 0 saturated heterocycles. The van der Waals surface area contributed by atoms with E-state index in [9.17, 15) is 10.2 Å². The minimum absolute atomic E-state index is 0.0957. The van der Waals surface area contributed by atoms with Crippen LogP contribution in [-0.2, 0) is 0 Å². The predicted octanol–water partition coefficient (Wildman–Crippen LogP) is 7.61. The molecule has 2 heteroatoms. The first-order valence-corrected chi connectivity index (χ1v) is 14.0. The fourth-order valence-electron chi connectivity index (χ4n) is 10.5. The zero-order valence-electron chi connectivity index (χ0n) is 22.7. The molecular weight excluding hydrogens is 392 g/mol. The SMILES string of the molecule is CC[C@@]1(C)CC[C@H]2[C@@](C)(CC[C@@]3(C)[C@@H]4CC(C)(C)CC[C@]4(C)CC[C@]23C)[C@@H]1C[C@H](O)CO. The van der Waals surface area contributed by atoms with E-state index >= 15 is 0 Å². The van der Waals surface area contributed by atoms with E-state index < -0.39 is 6.10 Å². The molecule has 4 rings (SSSR count). The van der Waals surface area contributed by atoms with E-state index in [2.05, 4.69) is 55.4 Å². The second-order valence-electron chi connectivity index (χ2n) is 15.1. The van der Waals surface area contributed by atoms with Gasteiger partial charge in [0.05, 0.1) is 12.7 Å². The summed E-state index contributed by atoms with van der Waals surface area (Å²) in [6, 6.07) is 0. The number of hydrogen-bond acceptors (Lipinski definition) is 2. The van der Waals surface area contributed by atoms with Crippen molar-refractivity contribution in [1.29, 1.82) is 0 Å². The van der Waals surface area contributed by atoms with Gasteiger partial charge in [-0.15, -0.1) is 0 Å². The molecule has 4 fully saturated rings. The summed E-state index contributed by atoms with van der Waals surface area (Å²) < 4.78 is 0. The molecule has 0 aromatic rings. The lowest BCUT2D eigenvalue weighted by molar-refractivity contribution is -0.253. The van der Waals surface area contributed by atoms with Crippen LogP contribution >= 0.6 is 0 Å². The van der Waals surface area contributed by atoms with Crippen molar-refractivity contribution in [3.8, 4) is 0 Å². The predicted molar refractivity (Wildman–Crippen MR) is 134 cm³/mol. The van der Waals surface area contributed by atoms with Gasteiger partial charge < -0.3 is 10.2 Å². The lowest BCUT2D eigenvalue weighted by atomic mass is 9.31. The average molecular weight is 447 g/mol. The van der Waals surface area contributed by atoms with Gasteiger partial charge in [0.25, 0.3) is 0 Å². The van der Waals surface area contributed by atoms with E-state index in [0.717, 1.165) is 18.3 Å². The zero-order valence-corrected chi connectivity index (χ0v) is 22.7. The highest BCUT2D eigenvalue weighted by Gasteiger charge is 2.69. The van der Waals surface area contributed by atoms with Crippen LogP contribution in [0.25, 0.3) is 0 Å². The third-order valence-corrected chi connectivity index (χ3v) is 13.2. The first-order valence-electron chi connectivity index (χ1n) is 14.0. The van der Waals surface area contributed by atoms with E-state index in [4.69, 9.17) is 0 Å². The van der Waals surface area contributed by atoms with Gasteiger partial charge in [0, 0.05) is 0 Å². The zero-order chi connectivity index (χ0) is 23.8. The van der Waals surface area contributed by atoms with E-state index in [0.29, 0.717) is 27.6 Å². The molecule has 4 aliphatic carbocycles. The van der Waals surface area contributed by atoms with Crippen LogP contribution in [0.2, 0.25) is 0 Å². The van der Waals surface area contributed by atoms with Crippen LogP contribution in [0.4, 0.5) is 0 Å². The normalized spacial score (nSPS) is 53.6. The molecule has 2 N–H and O–H groups in total. The van der Waals surface area contributed by atoms with E-state index in [1.54, 1.807) is 0 Å². The maximum atomic E-state index is 10.6. The number of fused-ring (bicyclic) bond motifs is 5. The fraction of sp³-hybridized carbons (Fsp3) is 1.00. The molecule has 0 amide bonds. The Labute approximate surface area is 199 Å². The molecule has 0 spiro atoms. The van der Waals surface area contributed by atoms with Crippen molar-refractivity contribution in [2.75, 3.05) is 6.61 Å². The Balaban J connectivity index is 1.75. The van der Waals surface area contributed by atoms with Gasteiger partial charge in [-0.1, -0.05) is 61.8 Å². The molecule has 4 aliphatic rings.